The summed E-state index contributed by atoms with van der Waals surface area (Å²) in [6.45, 7) is 3.73. The zero-order valence-corrected chi connectivity index (χ0v) is 12.3. The van der Waals surface area contributed by atoms with Crippen molar-refractivity contribution in [3.05, 3.63) is 46.1 Å². The molecule has 2 heterocycles. The summed E-state index contributed by atoms with van der Waals surface area (Å²) in [4.78, 5) is 16.3. The maximum atomic E-state index is 11.3. The Hall–Kier alpha value is -2.65. The van der Waals surface area contributed by atoms with E-state index < -0.39 is 0 Å². The minimum atomic E-state index is 0.285. The molecule has 0 atom stereocenters. The number of aromatic nitrogens is 2. The lowest BCUT2D eigenvalue weighted by Crippen LogP contribution is -1.96. The number of nitrogens with zero attached hydrogens (tertiary/aromatic N) is 3. The van der Waals surface area contributed by atoms with E-state index in [1.807, 2.05) is 19.2 Å². The maximum absolute atomic E-state index is 11.3. The minimum Gasteiger partial charge on any atom is -0.436 e. The Morgan fingerprint density at radius 2 is 2.10 bits per heavy atom. The van der Waals surface area contributed by atoms with E-state index in [0.717, 1.165) is 17.4 Å². The molecule has 21 heavy (non-hydrogen) atoms. The van der Waals surface area contributed by atoms with Crippen LogP contribution >= 0.6 is 11.3 Å². The fourth-order valence-corrected chi connectivity index (χ4v) is 2.95. The molecule has 0 N–H and O–H groups in total. The second-order valence-electron chi connectivity index (χ2n) is 4.63. The smallest absolute Gasteiger partial charge is 0.250 e. The molecule has 0 aliphatic rings. The average Bonchev–Trinajstić information content (AvgIpc) is 3.02. The van der Waals surface area contributed by atoms with Crippen LogP contribution in [0.4, 0.5) is 0 Å². The standard InChI is InChI=1S/C15H11N3O2S/c1-9-5-11(7-16)6-10(2)13(9)20-14-12(8-19)18-3-4-21-15(18)17-14/h3-6,8H,1-2H3. The third-order valence-corrected chi connectivity index (χ3v) is 3.92. The van der Waals surface area contributed by atoms with Gasteiger partial charge in [-0.05, 0) is 37.1 Å². The number of rotatable bonds is 3. The zero-order valence-electron chi connectivity index (χ0n) is 11.5. The first-order valence-electron chi connectivity index (χ1n) is 6.24. The molecule has 5 nitrogen and oxygen atoms in total. The van der Waals surface area contributed by atoms with Crippen molar-refractivity contribution in [3.8, 4) is 17.7 Å². The van der Waals surface area contributed by atoms with Gasteiger partial charge in [-0.25, -0.2) is 0 Å². The molecule has 0 saturated carbocycles. The fourth-order valence-electron chi connectivity index (χ4n) is 2.24. The summed E-state index contributed by atoms with van der Waals surface area (Å²) in [6.07, 6.45) is 2.51. The largest absolute Gasteiger partial charge is 0.436 e. The molecule has 0 saturated heterocycles. The summed E-state index contributed by atoms with van der Waals surface area (Å²) < 4.78 is 7.53. The van der Waals surface area contributed by atoms with Gasteiger partial charge in [0.2, 0.25) is 5.88 Å². The molecule has 0 bridgehead atoms. The van der Waals surface area contributed by atoms with Crippen LogP contribution in [-0.2, 0) is 0 Å². The summed E-state index contributed by atoms with van der Waals surface area (Å²) in [6, 6.07) is 5.61. The quantitative estimate of drug-likeness (QED) is 0.694. The molecule has 0 amide bonds. The van der Waals surface area contributed by atoms with Gasteiger partial charge in [-0.2, -0.15) is 10.2 Å². The molecule has 0 fully saturated rings. The van der Waals surface area contributed by atoms with Crippen LogP contribution in [0.3, 0.4) is 0 Å². The van der Waals surface area contributed by atoms with Crippen molar-refractivity contribution >= 4 is 22.6 Å². The van der Waals surface area contributed by atoms with Crippen molar-refractivity contribution in [3.63, 3.8) is 0 Å². The third kappa shape index (κ3) is 2.18. The fraction of sp³-hybridized carbons (Fsp3) is 0.133. The third-order valence-electron chi connectivity index (χ3n) is 3.17. The van der Waals surface area contributed by atoms with Crippen LogP contribution < -0.4 is 4.74 Å². The van der Waals surface area contributed by atoms with Crippen molar-refractivity contribution in [1.82, 2.24) is 9.38 Å². The highest BCUT2D eigenvalue weighted by Crippen LogP contribution is 2.32. The van der Waals surface area contributed by atoms with Crippen LogP contribution in [0.5, 0.6) is 11.6 Å². The number of aldehydes is 1. The van der Waals surface area contributed by atoms with Crippen molar-refractivity contribution < 1.29 is 9.53 Å². The maximum Gasteiger partial charge on any atom is 0.250 e. The number of nitriles is 1. The molecular weight excluding hydrogens is 286 g/mol. The molecule has 6 heteroatoms. The van der Waals surface area contributed by atoms with Gasteiger partial charge in [-0.15, -0.1) is 11.3 Å². The van der Waals surface area contributed by atoms with E-state index in [-0.39, 0.29) is 5.88 Å². The van der Waals surface area contributed by atoms with E-state index in [1.165, 1.54) is 11.3 Å². The molecule has 104 valence electrons. The lowest BCUT2D eigenvalue weighted by atomic mass is 10.1. The molecule has 0 aliphatic carbocycles. The number of aryl methyl sites for hydroxylation is 2. The average molecular weight is 297 g/mol. The van der Waals surface area contributed by atoms with Gasteiger partial charge in [0, 0.05) is 11.6 Å². The van der Waals surface area contributed by atoms with Gasteiger partial charge in [-0.3, -0.25) is 9.20 Å². The SMILES string of the molecule is Cc1cc(C#N)cc(C)c1Oc1nc2sccn2c1C=O. The highest BCUT2D eigenvalue weighted by molar-refractivity contribution is 7.15. The second kappa shape index (κ2) is 5.04. The topological polar surface area (TPSA) is 67.4 Å². The summed E-state index contributed by atoms with van der Waals surface area (Å²) >= 11 is 1.43. The molecule has 0 spiro atoms. The van der Waals surface area contributed by atoms with Crippen molar-refractivity contribution in [2.45, 2.75) is 13.8 Å². The molecule has 0 aliphatic heterocycles. The van der Waals surface area contributed by atoms with E-state index in [2.05, 4.69) is 11.1 Å². The van der Waals surface area contributed by atoms with Gasteiger partial charge >= 0.3 is 0 Å². The van der Waals surface area contributed by atoms with E-state index >= 15 is 0 Å². The molecular formula is C15H11N3O2S. The highest BCUT2D eigenvalue weighted by atomic mass is 32.1. The van der Waals surface area contributed by atoms with E-state index in [9.17, 15) is 4.79 Å². The highest BCUT2D eigenvalue weighted by Gasteiger charge is 2.16. The van der Waals surface area contributed by atoms with Crippen LogP contribution in [0.1, 0.15) is 27.2 Å². The van der Waals surface area contributed by atoms with Crippen LogP contribution in [0.25, 0.3) is 4.96 Å². The lowest BCUT2D eigenvalue weighted by molar-refractivity contribution is 0.111. The molecule has 2 aromatic heterocycles. The number of carbonyl (C=O) groups excluding carboxylic acids is 1. The second-order valence-corrected chi connectivity index (χ2v) is 5.50. The number of fused-ring (bicyclic) bond motifs is 1. The van der Waals surface area contributed by atoms with Gasteiger partial charge < -0.3 is 4.74 Å². The van der Waals surface area contributed by atoms with Crippen molar-refractivity contribution in [2.24, 2.45) is 0 Å². The molecule has 3 rings (SSSR count). The van der Waals surface area contributed by atoms with Gasteiger partial charge in [0.1, 0.15) is 5.75 Å². The Morgan fingerprint density at radius 1 is 1.38 bits per heavy atom. The van der Waals surface area contributed by atoms with Crippen molar-refractivity contribution in [2.75, 3.05) is 0 Å². The predicted molar refractivity (Wildman–Crippen MR) is 79.2 cm³/mol. The number of imidazole rings is 1. The number of hydrogen-bond acceptors (Lipinski definition) is 5. The summed E-state index contributed by atoms with van der Waals surface area (Å²) in [5, 5.41) is 10.8. The van der Waals surface area contributed by atoms with E-state index in [4.69, 9.17) is 10.00 Å². The van der Waals surface area contributed by atoms with Crippen LogP contribution in [0.2, 0.25) is 0 Å². The zero-order chi connectivity index (χ0) is 15.0. The first kappa shape index (κ1) is 13.3. The van der Waals surface area contributed by atoms with Crippen molar-refractivity contribution in [1.29, 1.82) is 5.26 Å². The van der Waals surface area contributed by atoms with E-state index in [0.29, 0.717) is 22.0 Å². The lowest BCUT2D eigenvalue weighted by Gasteiger charge is -2.10. The van der Waals surface area contributed by atoms with Gasteiger partial charge in [0.25, 0.3) is 0 Å². The monoisotopic (exact) mass is 297 g/mol. The molecule has 3 aromatic rings. The molecule has 0 radical (unpaired) electrons. The van der Waals surface area contributed by atoms with Crippen LogP contribution in [-0.4, -0.2) is 15.7 Å². The Labute approximate surface area is 125 Å². The van der Waals surface area contributed by atoms with Crippen LogP contribution in [0.15, 0.2) is 23.7 Å². The first-order valence-corrected chi connectivity index (χ1v) is 7.12. The van der Waals surface area contributed by atoms with Gasteiger partial charge in [0.15, 0.2) is 16.9 Å². The number of hydrogen-bond donors (Lipinski definition) is 0. The number of ether oxygens (including phenoxy) is 1. The number of benzene rings is 1. The summed E-state index contributed by atoms with van der Waals surface area (Å²) in [5.41, 5.74) is 2.63. The van der Waals surface area contributed by atoms with Crippen LogP contribution in [0, 0.1) is 25.2 Å². The Balaban J connectivity index is 2.09. The Morgan fingerprint density at radius 3 is 2.71 bits per heavy atom. The van der Waals surface area contributed by atoms with E-state index in [1.54, 1.807) is 22.7 Å². The molecule has 0 unspecified atom stereocenters. The Kier molecular flexibility index (Phi) is 3.20. The van der Waals surface area contributed by atoms with Gasteiger partial charge in [-0.1, -0.05) is 0 Å². The Bertz CT molecular complexity index is 863. The normalized spacial score (nSPS) is 10.5. The van der Waals surface area contributed by atoms with Gasteiger partial charge in [0.05, 0.1) is 11.6 Å². The minimum absolute atomic E-state index is 0.285. The number of carbonyl (C=O) groups is 1. The predicted octanol–water partition coefficient (Wildman–Crippen LogP) is 3.49. The summed E-state index contributed by atoms with van der Waals surface area (Å²) in [5.74, 6) is 0.913. The molecule has 1 aromatic carbocycles. The summed E-state index contributed by atoms with van der Waals surface area (Å²) in [7, 11) is 0. The number of thiazole rings is 1. The first-order chi connectivity index (χ1) is 10.1.